The van der Waals surface area contributed by atoms with Crippen LogP contribution in [0.15, 0.2) is 46.2 Å². The maximum atomic E-state index is 12.8. The fourth-order valence-electron chi connectivity index (χ4n) is 2.53. The van der Waals surface area contributed by atoms with Gasteiger partial charge >= 0.3 is 5.97 Å². The molecule has 0 unspecified atom stereocenters. The summed E-state index contributed by atoms with van der Waals surface area (Å²) >= 11 is 0. The summed E-state index contributed by atoms with van der Waals surface area (Å²) in [6, 6.07) is 6.84. The van der Waals surface area contributed by atoms with Gasteiger partial charge in [0, 0.05) is 33.3 Å². The summed E-state index contributed by atoms with van der Waals surface area (Å²) < 4.78 is 68.8. The first-order chi connectivity index (χ1) is 14.9. The molecule has 2 N–H and O–H groups in total. The van der Waals surface area contributed by atoms with E-state index in [0.717, 1.165) is 34.6 Å². The fourth-order valence-corrected chi connectivity index (χ4v) is 4.51. The lowest BCUT2D eigenvalue weighted by Crippen LogP contribution is -2.22. The molecular formula is C19H24N2O9S2. The number of hydrogen-bond acceptors (Lipinski definition) is 8. The highest BCUT2D eigenvalue weighted by molar-refractivity contribution is 7.92. The van der Waals surface area contributed by atoms with Crippen LogP contribution in [-0.2, 0) is 24.8 Å². The molecular weight excluding hydrogens is 464 g/mol. The molecule has 11 nitrogen and oxygen atoms in total. The zero-order chi connectivity index (χ0) is 24.1. The maximum absolute atomic E-state index is 12.8. The van der Waals surface area contributed by atoms with E-state index >= 15 is 0 Å². The maximum Gasteiger partial charge on any atom is 0.337 e. The number of carboxylic acids is 1. The molecule has 0 aliphatic rings. The van der Waals surface area contributed by atoms with Crippen molar-refractivity contribution in [1.29, 1.82) is 0 Å². The van der Waals surface area contributed by atoms with Crippen LogP contribution in [0, 0.1) is 0 Å². The molecule has 0 atom stereocenters. The Hall–Kier alpha value is -2.87. The Kier molecular flexibility index (Phi) is 8.07. The monoisotopic (exact) mass is 488 g/mol. The van der Waals surface area contributed by atoms with E-state index in [4.69, 9.17) is 14.2 Å². The van der Waals surface area contributed by atoms with Crippen LogP contribution >= 0.6 is 0 Å². The summed E-state index contributed by atoms with van der Waals surface area (Å²) in [6.45, 7) is 0.361. The normalized spacial score (nSPS) is 11.9. The molecule has 0 amide bonds. The molecule has 2 aromatic carbocycles. The molecule has 0 spiro atoms. The van der Waals surface area contributed by atoms with Crippen molar-refractivity contribution < 1.29 is 40.9 Å². The lowest BCUT2D eigenvalue weighted by atomic mass is 10.1. The number of hydrogen-bond donors (Lipinski definition) is 2. The smallest absolute Gasteiger partial charge is 0.337 e. The summed E-state index contributed by atoms with van der Waals surface area (Å²) in [6.07, 6.45) is 0. The van der Waals surface area contributed by atoms with E-state index in [1.165, 1.54) is 34.4 Å². The van der Waals surface area contributed by atoms with Crippen molar-refractivity contribution in [2.45, 2.75) is 9.79 Å². The number of aromatic carboxylic acids is 1. The number of nitrogens with zero attached hydrogens (tertiary/aromatic N) is 1. The average molecular weight is 489 g/mol. The van der Waals surface area contributed by atoms with Crippen molar-refractivity contribution in [1.82, 2.24) is 4.31 Å². The largest absolute Gasteiger partial charge is 0.493 e. The van der Waals surface area contributed by atoms with Crippen LogP contribution < -0.4 is 14.2 Å². The van der Waals surface area contributed by atoms with Crippen LogP contribution in [0.5, 0.6) is 11.5 Å². The van der Waals surface area contributed by atoms with Crippen LogP contribution in [0.3, 0.4) is 0 Å². The van der Waals surface area contributed by atoms with Crippen LogP contribution in [0.2, 0.25) is 0 Å². The number of benzene rings is 2. The van der Waals surface area contributed by atoms with Gasteiger partial charge in [-0.1, -0.05) is 0 Å². The first-order valence-electron chi connectivity index (χ1n) is 9.06. The summed E-state index contributed by atoms with van der Waals surface area (Å²) in [5, 5.41) is 9.51. The number of rotatable bonds is 11. The predicted molar refractivity (Wildman–Crippen MR) is 115 cm³/mol. The Morgan fingerprint density at radius 2 is 1.56 bits per heavy atom. The number of methoxy groups -OCH3 is 2. The van der Waals surface area contributed by atoms with Crippen molar-refractivity contribution in [3.63, 3.8) is 0 Å². The molecule has 2 rings (SSSR count). The minimum Gasteiger partial charge on any atom is -0.493 e. The number of nitrogens with one attached hydrogen (secondary N) is 1. The number of anilines is 1. The fraction of sp³-hybridized carbons (Fsp3) is 0.316. The van der Waals surface area contributed by atoms with Crippen molar-refractivity contribution in [3.8, 4) is 11.5 Å². The molecule has 0 radical (unpaired) electrons. The molecule has 176 valence electrons. The number of carboxylic acid groups (broad SMARTS) is 1. The van der Waals surface area contributed by atoms with E-state index in [0.29, 0.717) is 0 Å². The molecule has 0 fully saturated rings. The average Bonchev–Trinajstić information content (AvgIpc) is 2.73. The highest BCUT2D eigenvalue weighted by atomic mass is 32.2. The van der Waals surface area contributed by atoms with Crippen LogP contribution in [0.1, 0.15) is 10.4 Å². The SMILES string of the molecule is COCCOc1cc(NS(=O)(=O)c2ccc(S(=O)(=O)N(C)C)cc2)c(C(=O)O)cc1OC. The summed E-state index contributed by atoms with van der Waals surface area (Å²) in [5.74, 6) is -1.18. The summed E-state index contributed by atoms with van der Waals surface area (Å²) in [7, 11) is -2.50. The van der Waals surface area contributed by atoms with Crippen molar-refractivity contribution >= 4 is 31.7 Å². The van der Waals surface area contributed by atoms with E-state index in [1.807, 2.05) is 0 Å². The zero-order valence-corrected chi connectivity index (χ0v) is 19.5. The molecule has 0 aliphatic heterocycles. The van der Waals surface area contributed by atoms with Gasteiger partial charge in [0.25, 0.3) is 10.0 Å². The van der Waals surface area contributed by atoms with E-state index in [-0.39, 0.29) is 45.8 Å². The standard InChI is InChI=1S/C19H24N2O9S2/c1-21(2)32(26,27)14-7-5-13(6-8-14)31(24,25)20-16-12-18(30-10-9-28-3)17(29-4)11-15(16)19(22)23/h5-8,11-12,20H,9-10H2,1-4H3,(H,22,23). The van der Waals surface area contributed by atoms with Gasteiger partial charge in [-0.2, -0.15) is 0 Å². The molecule has 0 saturated carbocycles. The summed E-state index contributed by atoms with van der Waals surface area (Å²) in [5.41, 5.74) is -0.618. The Balaban J connectivity index is 2.44. The minimum atomic E-state index is -4.26. The summed E-state index contributed by atoms with van der Waals surface area (Å²) in [4.78, 5) is 11.3. The third-order valence-electron chi connectivity index (χ3n) is 4.24. The van der Waals surface area contributed by atoms with E-state index in [2.05, 4.69) is 4.72 Å². The van der Waals surface area contributed by atoms with E-state index in [9.17, 15) is 26.7 Å². The Morgan fingerprint density at radius 3 is 2.06 bits per heavy atom. The first kappa shape index (κ1) is 25.4. The predicted octanol–water partition coefficient (Wildman–Crippen LogP) is 1.47. The number of sulfonamides is 2. The molecule has 0 aliphatic carbocycles. The Bertz CT molecular complexity index is 1180. The van der Waals surface area contributed by atoms with Crippen molar-refractivity contribution in [2.75, 3.05) is 46.3 Å². The molecule has 0 bridgehead atoms. The molecule has 0 heterocycles. The zero-order valence-electron chi connectivity index (χ0n) is 17.9. The van der Waals surface area contributed by atoms with Gasteiger partial charge in [0.15, 0.2) is 11.5 Å². The lowest BCUT2D eigenvalue weighted by molar-refractivity contribution is 0.0697. The first-order valence-corrected chi connectivity index (χ1v) is 12.0. The van der Waals surface area contributed by atoms with Crippen LogP contribution in [0.25, 0.3) is 0 Å². The highest BCUT2D eigenvalue weighted by Gasteiger charge is 2.23. The lowest BCUT2D eigenvalue weighted by Gasteiger charge is -2.16. The highest BCUT2D eigenvalue weighted by Crippen LogP contribution is 2.35. The van der Waals surface area contributed by atoms with Crippen LogP contribution in [-0.4, -0.2) is 73.7 Å². The third-order valence-corrected chi connectivity index (χ3v) is 7.45. The Morgan fingerprint density at radius 1 is 0.969 bits per heavy atom. The van der Waals surface area contributed by atoms with E-state index < -0.39 is 26.0 Å². The van der Waals surface area contributed by atoms with Gasteiger partial charge in [0.1, 0.15) is 6.61 Å². The minimum absolute atomic E-state index is 0.0917. The molecule has 0 saturated heterocycles. The van der Waals surface area contributed by atoms with Gasteiger partial charge in [-0.15, -0.1) is 0 Å². The van der Waals surface area contributed by atoms with E-state index in [1.54, 1.807) is 0 Å². The van der Waals surface area contributed by atoms with Gasteiger partial charge in [0.05, 0.1) is 34.8 Å². The quantitative estimate of drug-likeness (QED) is 0.448. The molecule has 2 aromatic rings. The molecule has 32 heavy (non-hydrogen) atoms. The topological polar surface area (TPSA) is 149 Å². The molecule has 13 heteroatoms. The molecule has 0 aromatic heterocycles. The van der Waals surface area contributed by atoms with Gasteiger partial charge in [-0.3, -0.25) is 4.72 Å². The third kappa shape index (κ3) is 5.68. The van der Waals surface area contributed by atoms with Gasteiger partial charge in [0.2, 0.25) is 10.0 Å². The van der Waals surface area contributed by atoms with Gasteiger partial charge in [-0.25, -0.2) is 25.9 Å². The van der Waals surface area contributed by atoms with Crippen molar-refractivity contribution in [3.05, 3.63) is 42.0 Å². The number of carbonyl (C=O) groups is 1. The van der Waals surface area contributed by atoms with Crippen LogP contribution in [0.4, 0.5) is 5.69 Å². The van der Waals surface area contributed by atoms with Gasteiger partial charge in [-0.05, 0) is 24.3 Å². The number of ether oxygens (including phenoxy) is 3. The second kappa shape index (κ2) is 10.2. The van der Waals surface area contributed by atoms with Crippen molar-refractivity contribution in [2.24, 2.45) is 0 Å². The second-order valence-electron chi connectivity index (χ2n) is 6.56. The Labute approximate surface area is 186 Å². The van der Waals surface area contributed by atoms with Gasteiger partial charge < -0.3 is 19.3 Å². The second-order valence-corrected chi connectivity index (χ2v) is 10.4.